The molecule has 2 amide bonds. The summed E-state index contributed by atoms with van der Waals surface area (Å²) in [6, 6.07) is 0. The van der Waals surface area contributed by atoms with Crippen molar-refractivity contribution in [1.82, 2.24) is 10.4 Å². The van der Waals surface area contributed by atoms with Crippen molar-refractivity contribution < 1.29 is 14.8 Å². The number of rotatable bonds is 0. The summed E-state index contributed by atoms with van der Waals surface area (Å²) in [6.07, 6.45) is 1.47. The molecule has 14 heavy (non-hydrogen) atoms. The van der Waals surface area contributed by atoms with Crippen LogP contribution in [0, 0.1) is 5.41 Å². The normalized spacial score (nSPS) is 25.4. The number of nitrogens with one attached hydrogen (secondary N) is 1. The Morgan fingerprint density at radius 2 is 1.86 bits per heavy atom. The van der Waals surface area contributed by atoms with Crippen LogP contribution < -0.4 is 5.32 Å². The Labute approximate surface area is 87.8 Å². The average Bonchev–Trinajstić information content (AvgIpc) is 2.33. The lowest BCUT2D eigenvalue weighted by atomic mass is 9.77. The van der Waals surface area contributed by atoms with Gasteiger partial charge < -0.3 is 5.32 Å². The molecule has 80 valence electrons. The minimum Gasteiger partial charge on any atom is -0.317 e. The SMILES string of the molecule is Cl.O=C1CC2(CCNCC2)C(=O)N1O. The van der Waals surface area contributed by atoms with Crippen LogP contribution in [0.1, 0.15) is 19.3 Å². The molecule has 0 saturated carbocycles. The third-order valence-electron chi connectivity index (χ3n) is 2.93. The Morgan fingerprint density at radius 3 is 2.29 bits per heavy atom. The van der Waals surface area contributed by atoms with Gasteiger partial charge in [-0.2, -0.15) is 5.06 Å². The van der Waals surface area contributed by atoms with Crippen molar-refractivity contribution in [2.45, 2.75) is 19.3 Å². The van der Waals surface area contributed by atoms with Gasteiger partial charge in [0.05, 0.1) is 5.41 Å². The number of hydrogen-bond acceptors (Lipinski definition) is 4. The van der Waals surface area contributed by atoms with Gasteiger partial charge in [-0.3, -0.25) is 14.8 Å². The minimum absolute atomic E-state index is 0. The lowest BCUT2D eigenvalue weighted by Crippen LogP contribution is -2.42. The van der Waals surface area contributed by atoms with Gasteiger partial charge in [-0.1, -0.05) is 0 Å². The number of hydroxylamine groups is 2. The van der Waals surface area contributed by atoms with Crippen molar-refractivity contribution >= 4 is 24.2 Å². The molecule has 1 spiro atoms. The second-order valence-corrected chi connectivity index (χ2v) is 3.72. The van der Waals surface area contributed by atoms with Gasteiger partial charge >= 0.3 is 0 Å². The number of imide groups is 1. The first-order chi connectivity index (χ1) is 6.16. The first kappa shape index (κ1) is 11.4. The number of piperidine rings is 1. The molecule has 0 atom stereocenters. The van der Waals surface area contributed by atoms with Gasteiger partial charge in [-0.15, -0.1) is 12.4 Å². The molecule has 0 aliphatic carbocycles. The zero-order valence-corrected chi connectivity index (χ0v) is 8.47. The molecule has 2 saturated heterocycles. The van der Waals surface area contributed by atoms with Crippen molar-refractivity contribution in [2.75, 3.05) is 13.1 Å². The number of amides is 2. The lowest BCUT2D eigenvalue weighted by Gasteiger charge is -2.30. The van der Waals surface area contributed by atoms with Crippen LogP contribution in [-0.2, 0) is 9.59 Å². The van der Waals surface area contributed by atoms with E-state index in [0.29, 0.717) is 12.8 Å². The number of carbonyl (C=O) groups excluding carboxylic acids is 2. The zero-order chi connectivity index (χ0) is 9.47. The Morgan fingerprint density at radius 1 is 1.29 bits per heavy atom. The molecule has 6 heteroatoms. The van der Waals surface area contributed by atoms with Crippen LogP contribution >= 0.6 is 12.4 Å². The topological polar surface area (TPSA) is 69.6 Å². The molecule has 0 bridgehead atoms. The molecule has 0 aromatic heterocycles. The van der Waals surface area contributed by atoms with E-state index in [1.54, 1.807) is 0 Å². The Balaban J connectivity index is 0.000000980. The Bertz CT molecular complexity index is 263. The first-order valence-electron chi connectivity index (χ1n) is 4.43. The maximum atomic E-state index is 11.5. The smallest absolute Gasteiger partial charge is 0.260 e. The third-order valence-corrected chi connectivity index (χ3v) is 2.93. The fourth-order valence-corrected chi connectivity index (χ4v) is 2.07. The van der Waals surface area contributed by atoms with Crippen molar-refractivity contribution in [3.05, 3.63) is 0 Å². The predicted molar refractivity (Wildman–Crippen MR) is 50.0 cm³/mol. The molecule has 5 nitrogen and oxygen atoms in total. The van der Waals surface area contributed by atoms with E-state index in [2.05, 4.69) is 5.32 Å². The van der Waals surface area contributed by atoms with E-state index in [4.69, 9.17) is 5.21 Å². The predicted octanol–water partition coefficient (Wildman–Crippen LogP) is -0.0739. The van der Waals surface area contributed by atoms with Gasteiger partial charge in [0, 0.05) is 6.42 Å². The van der Waals surface area contributed by atoms with Crippen molar-refractivity contribution in [3.8, 4) is 0 Å². The number of halogens is 1. The van der Waals surface area contributed by atoms with E-state index in [0.717, 1.165) is 13.1 Å². The highest BCUT2D eigenvalue weighted by Crippen LogP contribution is 2.39. The number of hydrogen-bond donors (Lipinski definition) is 2. The summed E-state index contributed by atoms with van der Waals surface area (Å²) in [5.41, 5.74) is -0.600. The number of nitrogens with zero attached hydrogens (tertiary/aromatic N) is 1. The molecule has 2 rings (SSSR count). The summed E-state index contributed by atoms with van der Waals surface area (Å²) in [7, 11) is 0. The van der Waals surface area contributed by atoms with E-state index in [1.165, 1.54) is 0 Å². The molecule has 0 unspecified atom stereocenters. The Hall–Kier alpha value is -0.650. The van der Waals surface area contributed by atoms with E-state index in [-0.39, 0.29) is 23.9 Å². The molecule has 0 aromatic carbocycles. The van der Waals surface area contributed by atoms with Crippen molar-refractivity contribution in [1.29, 1.82) is 0 Å². The molecule has 2 aliphatic heterocycles. The summed E-state index contributed by atoms with van der Waals surface area (Å²) >= 11 is 0. The first-order valence-corrected chi connectivity index (χ1v) is 4.43. The molecule has 2 aliphatic rings. The fourth-order valence-electron chi connectivity index (χ4n) is 2.07. The van der Waals surface area contributed by atoms with Crippen LogP contribution in [0.15, 0.2) is 0 Å². The summed E-state index contributed by atoms with van der Waals surface area (Å²) in [6.45, 7) is 1.49. The highest BCUT2D eigenvalue weighted by Gasteiger charge is 2.51. The van der Waals surface area contributed by atoms with Gasteiger partial charge in [-0.25, -0.2) is 0 Å². The van der Waals surface area contributed by atoms with Crippen LogP contribution in [0.2, 0.25) is 0 Å². The van der Waals surface area contributed by atoms with Gasteiger partial charge in [-0.05, 0) is 25.9 Å². The summed E-state index contributed by atoms with van der Waals surface area (Å²) < 4.78 is 0. The van der Waals surface area contributed by atoms with Gasteiger partial charge in [0.15, 0.2) is 0 Å². The molecule has 0 aromatic rings. The van der Waals surface area contributed by atoms with E-state index in [1.807, 2.05) is 0 Å². The van der Waals surface area contributed by atoms with Gasteiger partial charge in [0.1, 0.15) is 0 Å². The highest BCUT2D eigenvalue weighted by atomic mass is 35.5. The van der Waals surface area contributed by atoms with Crippen LogP contribution in [0.4, 0.5) is 0 Å². The molecular formula is C8H13ClN2O3. The monoisotopic (exact) mass is 220 g/mol. The Kier molecular flexibility index (Phi) is 3.14. The molecule has 2 fully saturated rings. The fraction of sp³-hybridized carbons (Fsp3) is 0.750. The van der Waals surface area contributed by atoms with Gasteiger partial charge in [0.25, 0.3) is 11.8 Å². The summed E-state index contributed by atoms with van der Waals surface area (Å²) in [5, 5.41) is 12.5. The standard InChI is InChI=1S/C8H12N2O3.ClH/c11-6-5-8(7(12)10(6)13)1-3-9-4-2-8;/h9,13H,1-5H2;1H. The van der Waals surface area contributed by atoms with Crippen LogP contribution in [0.3, 0.4) is 0 Å². The third kappa shape index (κ3) is 1.51. The molecule has 2 N–H and O–H groups in total. The van der Waals surface area contributed by atoms with Crippen molar-refractivity contribution in [2.24, 2.45) is 5.41 Å². The minimum atomic E-state index is -0.600. The quantitative estimate of drug-likeness (QED) is 0.443. The second-order valence-electron chi connectivity index (χ2n) is 3.72. The molecule has 2 heterocycles. The maximum Gasteiger partial charge on any atom is 0.260 e. The molecule has 0 radical (unpaired) electrons. The van der Waals surface area contributed by atoms with Crippen LogP contribution in [0.25, 0.3) is 0 Å². The number of carbonyl (C=O) groups is 2. The van der Waals surface area contributed by atoms with Crippen LogP contribution in [-0.4, -0.2) is 35.2 Å². The maximum absolute atomic E-state index is 11.5. The van der Waals surface area contributed by atoms with E-state index in [9.17, 15) is 9.59 Å². The molecular weight excluding hydrogens is 208 g/mol. The van der Waals surface area contributed by atoms with Crippen molar-refractivity contribution in [3.63, 3.8) is 0 Å². The summed E-state index contributed by atoms with van der Waals surface area (Å²) in [5.74, 6) is -0.883. The second kappa shape index (κ2) is 3.84. The van der Waals surface area contributed by atoms with E-state index < -0.39 is 17.2 Å². The average molecular weight is 221 g/mol. The summed E-state index contributed by atoms with van der Waals surface area (Å²) in [4.78, 5) is 22.6. The van der Waals surface area contributed by atoms with Gasteiger partial charge in [0.2, 0.25) is 0 Å². The highest BCUT2D eigenvalue weighted by molar-refractivity contribution is 6.04. The van der Waals surface area contributed by atoms with Crippen LogP contribution in [0.5, 0.6) is 0 Å². The lowest BCUT2D eigenvalue weighted by molar-refractivity contribution is -0.174. The zero-order valence-electron chi connectivity index (χ0n) is 7.65. The van der Waals surface area contributed by atoms with E-state index >= 15 is 0 Å². The largest absolute Gasteiger partial charge is 0.317 e.